The summed E-state index contributed by atoms with van der Waals surface area (Å²) in [6.45, 7) is 0.584. The number of benzene rings is 1. The van der Waals surface area contributed by atoms with Crippen molar-refractivity contribution in [3.8, 4) is 5.75 Å². The van der Waals surface area contributed by atoms with Crippen LogP contribution in [0.3, 0.4) is 0 Å². The van der Waals surface area contributed by atoms with E-state index in [4.69, 9.17) is 9.84 Å². The molecule has 5 atom stereocenters. The maximum Gasteiger partial charge on any atom is 0.355 e. The number of aromatic carboxylic acids is 1. The summed E-state index contributed by atoms with van der Waals surface area (Å²) in [4.78, 5) is 15.5. The molecule has 4 saturated carbocycles. The van der Waals surface area contributed by atoms with Gasteiger partial charge in [0.1, 0.15) is 5.75 Å². The molecule has 1 aromatic carbocycles. The van der Waals surface area contributed by atoms with Gasteiger partial charge in [0.15, 0.2) is 5.69 Å². The first-order valence-electron chi connectivity index (χ1n) is 12.2. The van der Waals surface area contributed by atoms with E-state index < -0.39 is 5.97 Å². The van der Waals surface area contributed by atoms with E-state index in [0.29, 0.717) is 24.4 Å². The monoisotopic (exact) mass is 453 g/mol. The Morgan fingerprint density at radius 1 is 1.03 bits per heavy atom. The van der Waals surface area contributed by atoms with Crippen molar-refractivity contribution in [1.82, 2.24) is 4.98 Å². The SMILES string of the molecule is O=C(O)c1csc([C@H]2CC[C@H]3[C@@H](C2)C[C@H](O)[C@@H]3COc2ccc(C3CC3)c(C3CC3)c2)n1. The molecule has 0 bridgehead atoms. The average Bonchev–Trinajstić information content (AvgIpc) is 3.71. The van der Waals surface area contributed by atoms with Crippen LogP contribution in [-0.4, -0.2) is 33.9 Å². The summed E-state index contributed by atoms with van der Waals surface area (Å²) < 4.78 is 6.29. The van der Waals surface area contributed by atoms with Gasteiger partial charge < -0.3 is 14.9 Å². The summed E-state index contributed by atoms with van der Waals surface area (Å²) in [6.07, 6.45) is 8.84. The van der Waals surface area contributed by atoms with Gasteiger partial charge in [-0.25, -0.2) is 9.78 Å². The number of carboxylic acids is 1. The van der Waals surface area contributed by atoms with Crippen LogP contribution < -0.4 is 4.74 Å². The topological polar surface area (TPSA) is 79.7 Å². The van der Waals surface area contributed by atoms with Gasteiger partial charge in [-0.1, -0.05) is 6.07 Å². The minimum atomic E-state index is -0.954. The number of aliphatic hydroxyl groups excluding tert-OH is 1. The number of carbonyl (C=O) groups is 1. The molecule has 32 heavy (non-hydrogen) atoms. The zero-order chi connectivity index (χ0) is 21.8. The van der Waals surface area contributed by atoms with Gasteiger partial charge in [-0.15, -0.1) is 11.3 Å². The van der Waals surface area contributed by atoms with Gasteiger partial charge in [-0.2, -0.15) is 0 Å². The van der Waals surface area contributed by atoms with Crippen LogP contribution in [0.1, 0.15) is 95.7 Å². The Kier molecular flexibility index (Phi) is 5.26. The largest absolute Gasteiger partial charge is 0.493 e. The van der Waals surface area contributed by atoms with Crippen molar-refractivity contribution in [2.24, 2.45) is 17.8 Å². The highest BCUT2D eigenvalue weighted by atomic mass is 32.1. The van der Waals surface area contributed by atoms with E-state index in [2.05, 4.69) is 23.2 Å². The number of nitrogens with zero attached hydrogens (tertiary/aromatic N) is 1. The molecule has 6 rings (SSSR count). The Hall–Kier alpha value is -1.92. The van der Waals surface area contributed by atoms with Crippen molar-refractivity contribution >= 4 is 17.3 Å². The first-order chi connectivity index (χ1) is 15.6. The number of hydrogen-bond donors (Lipinski definition) is 2. The third-order valence-corrected chi connectivity index (χ3v) is 9.26. The summed E-state index contributed by atoms with van der Waals surface area (Å²) in [5.41, 5.74) is 3.22. The molecule has 0 radical (unpaired) electrons. The Labute approximate surface area is 192 Å². The second-order valence-electron chi connectivity index (χ2n) is 10.4. The molecular formula is C26H31NO4S. The molecule has 5 nitrogen and oxygen atoms in total. The van der Waals surface area contributed by atoms with Crippen LogP contribution in [-0.2, 0) is 0 Å². The van der Waals surface area contributed by atoms with E-state index in [1.807, 2.05) is 0 Å². The highest BCUT2D eigenvalue weighted by Crippen LogP contribution is 2.52. The molecule has 4 aliphatic carbocycles. The van der Waals surface area contributed by atoms with Crippen molar-refractivity contribution in [3.63, 3.8) is 0 Å². The number of thiazole rings is 1. The van der Waals surface area contributed by atoms with E-state index in [1.165, 1.54) is 42.6 Å². The fourth-order valence-corrected chi connectivity index (χ4v) is 7.22. The van der Waals surface area contributed by atoms with E-state index in [1.54, 1.807) is 10.9 Å². The molecule has 6 heteroatoms. The first kappa shape index (κ1) is 20.7. The van der Waals surface area contributed by atoms with E-state index in [-0.39, 0.29) is 17.7 Å². The predicted octanol–water partition coefficient (Wildman–Crippen LogP) is 5.56. The van der Waals surface area contributed by atoms with Crippen molar-refractivity contribution in [2.75, 3.05) is 6.61 Å². The summed E-state index contributed by atoms with van der Waals surface area (Å²) >= 11 is 1.46. The predicted molar refractivity (Wildman–Crippen MR) is 123 cm³/mol. The fraction of sp³-hybridized carbons (Fsp3) is 0.615. The molecule has 0 saturated heterocycles. The highest BCUT2D eigenvalue weighted by Gasteiger charge is 2.46. The van der Waals surface area contributed by atoms with E-state index in [0.717, 1.165) is 48.3 Å². The molecular weight excluding hydrogens is 422 g/mol. The zero-order valence-corrected chi connectivity index (χ0v) is 19.1. The molecule has 4 fully saturated rings. The van der Waals surface area contributed by atoms with Gasteiger partial charge in [-0.05, 0) is 98.3 Å². The van der Waals surface area contributed by atoms with Gasteiger partial charge in [-0.3, -0.25) is 0 Å². The number of aliphatic hydroxyl groups is 1. The van der Waals surface area contributed by atoms with Crippen LogP contribution in [0.25, 0.3) is 0 Å². The Morgan fingerprint density at radius 3 is 2.50 bits per heavy atom. The van der Waals surface area contributed by atoms with Crippen LogP contribution in [0.15, 0.2) is 23.6 Å². The van der Waals surface area contributed by atoms with Crippen LogP contribution in [0.4, 0.5) is 0 Å². The fourth-order valence-electron chi connectivity index (χ4n) is 6.27. The van der Waals surface area contributed by atoms with Crippen molar-refractivity contribution in [1.29, 1.82) is 0 Å². The average molecular weight is 454 g/mol. The highest BCUT2D eigenvalue weighted by molar-refractivity contribution is 7.09. The normalized spacial score (nSPS) is 32.0. The quantitative estimate of drug-likeness (QED) is 0.574. The lowest BCUT2D eigenvalue weighted by molar-refractivity contribution is 0.0689. The van der Waals surface area contributed by atoms with Crippen molar-refractivity contribution in [3.05, 3.63) is 45.4 Å². The molecule has 4 aliphatic rings. The van der Waals surface area contributed by atoms with Crippen LogP contribution in [0.5, 0.6) is 5.75 Å². The molecule has 0 aliphatic heterocycles. The minimum Gasteiger partial charge on any atom is -0.493 e. The second-order valence-corrected chi connectivity index (χ2v) is 11.3. The molecule has 1 heterocycles. The van der Waals surface area contributed by atoms with Gasteiger partial charge in [0.05, 0.1) is 17.7 Å². The van der Waals surface area contributed by atoms with E-state index in [9.17, 15) is 9.90 Å². The Balaban J connectivity index is 1.10. The Bertz CT molecular complexity index is 1010. The molecule has 0 unspecified atom stereocenters. The summed E-state index contributed by atoms with van der Waals surface area (Å²) in [5, 5.41) is 22.6. The minimum absolute atomic E-state index is 0.156. The molecule has 2 aromatic rings. The lowest BCUT2D eigenvalue weighted by Gasteiger charge is -2.33. The summed E-state index contributed by atoms with van der Waals surface area (Å²) in [7, 11) is 0. The maximum atomic E-state index is 11.2. The zero-order valence-electron chi connectivity index (χ0n) is 18.3. The molecule has 1 aromatic heterocycles. The summed E-state index contributed by atoms with van der Waals surface area (Å²) in [5.74, 6) is 2.96. The van der Waals surface area contributed by atoms with Crippen LogP contribution >= 0.6 is 11.3 Å². The lowest BCUT2D eigenvalue weighted by Crippen LogP contribution is -2.29. The van der Waals surface area contributed by atoms with Gasteiger partial charge in [0.25, 0.3) is 0 Å². The van der Waals surface area contributed by atoms with Crippen molar-refractivity contribution < 1.29 is 19.7 Å². The third-order valence-electron chi connectivity index (χ3n) is 8.25. The van der Waals surface area contributed by atoms with Gasteiger partial charge in [0, 0.05) is 17.2 Å². The molecule has 0 spiro atoms. The first-order valence-corrected chi connectivity index (χ1v) is 13.1. The standard InChI is InChI=1S/C26H31NO4S/c28-24-10-17-9-16(25-27-23(13-32-25)26(29)30)5-7-20(17)22(24)12-31-18-6-8-19(14-1-2-14)21(11-18)15-3-4-15/h6,8,11,13-17,20,22,24,28H,1-5,7,9-10,12H2,(H,29,30)/t16-,17-,20-,22+,24-/m0/s1. The van der Waals surface area contributed by atoms with E-state index >= 15 is 0 Å². The molecule has 170 valence electrons. The number of aromatic nitrogens is 1. The number of carboxylic acid groups (broad SMARTS) is 1. The second kappa shape index (κ2) is 8.14. The lowest BCUT2D eigenvalue weighted by atomic mass is 9.73. The van der Waals surface area contributed by atoms with Gasteiger partial charge >= 0.3 is 5.97 Å². The maximum absolute atomic E-state index is 11.2. The smallest absolute Gasteiger partial charge is 0.355 e. The molecule has 0 amide bonds. The molecule has 2 N–H and O–H groups in total. The Morgan fingerprint density at radius 2 is 1.78 bits per heavy atom. The van der Waals surface area contributed by atoms with Crippen LogP contribution in [0.2, 0.25) is 0 Å². The third kappa shape index (κ3) is 3.96. The number of rotatable bonds is 7. The summed E-state index contributed by atoms with van der Waals surface area (Å²) in [6, 6.07) is 6.71. The number of hydrogen-bond acceptors (Lipinski definition) is 5. The van der Waals surface area contributed by atoms with Gasteiger partial charge in [0.2, 0.25) is 0 Å². The number of ether oxygens (including phenoxy) is 1. The van der Waals surface area contributed by atoms with Crippen LogP contribution in [0, 0.1) is 17.8 Å². The van der Waals surface area contributed by atoms with Crippen molar-refractivity contribution in [2.45, 2.75) is 75.2 Å². The number of fused-ring (bicyclic) bond motifs is 1.